The van der Waals surface area contributed by atoms with Crippen LogP contribution in [0.5, 0.6) is 0 Å². The van der Waals surface area contributed by atoms with Crippen LogP contribution in [0.3, 0.4) is 0 Å². The fourth-order valence-corrected chi connectivity index (χ4v) is 1.17. The van der Waals surface area contributed by atoms with Gasteiger partial charge < -0.3 is 15.7 Å². The summed E-state index contributed by atoms with van der Waals surface area (Å²) < 4.78 is 0. The summed E-state index contributed by atoms with van der Waals surface area (Å²) in [6, 6.07) is 6.78. The van der Waals surface area contributed by atoms with E-state index in [1.165, 1.54) is 4.90 Å². The number of nitriles is 1. The monoisotopic (exact) mass is 205 g/mol. The van der Waals surface area contributed by atoms with E-state index in [0.29, 0.717) is 16.9 Å². The molecule has 0 aliphatic carbocycles. The molecule has 5 nitrogen and oxygen atoms in total. The third-order valence-electron chi connectivity index (χ3n) is 1.97. The van der Waals surface area contributed by atoms with Crippen LogP contribution in [0.25, 0.3) is 0 Å². The second kappa shape index (κ2) is 4.33. The van der Waals surface area contributed by atoms with E-state index in [1.807, 2.05) is 6.07 Å². The molecule has 0 amide bonds. The van der Waals surface area contributed by atoms with Gasteiger partial charge >= 0.3 is 5.97 Å². The Morgan fingerprint density at radius 3 is 2.87 bits per heavy atom. The Labute approximate surface area is 87.3 Å². The van der Waals surface area contributed by atoms with Gasteiger partial charge in [0, 0.05) is 18.4 Å². The number of rotatable bonds is 3. The highest BCUT2D eigenvalue weighted by Crippen LogP contribution is 2.19. The maximum absolute atomic E-state index is 10.5. The number of carboxylic acids is 1. The Hall–Kier alpha value is -2.22. The number of nitrogens with zero attached hydrogens (tertiary/aromatic N) is 2. The predicted molar refractivity (Wildman–Crippen MR) is 56.5 cm³/mol. The van der Waals surface area contributed by atoms with Crippen LogP contribution in [0.4, 0.5) is 11.4 Å². The van der Waals surface area contributed by atoms with E-state index in [4.69, 9.17) is 16.1 Å². The average Bonchev–Trinajstić information content (AvgIpc) is 2.17. The highest BCUT2D eigenvalue weighted by Gasteiger charge is 2.07. The number of anilines is 2. The van der Waals surface area contributed by atoms with Gasteiger partial charge in [0.2, 0.25) is 0 Å². The van der Waals surface area contributed by atoms with Gasteiger partial charge in [-0.1, -0.05) is 0 Å². The number of carbonyl (C=O) groups is 1. The van der Waals surface area contributed by atoms with Gasteiger partial charge in [0.25, 0.3) is 0 Å². The smallest absolute Gasteiger partial charge is 0.323 e. The number of nitrogen functional groups attached to an aromatic ring is 1. The third-order valence-corrected chi connectivity index (χ3v) is 1.97. The van der Waals surface area contributed by atoms with Crippen molar-refractivity contribution in [3.05, 3.63) is 23.8 Å². The van der Waals surface area contributed by atoms with E-state index in [2.05, 4.69) is 0 Å². The number of hydrogen-bond acceptors (Lipinski definition) is 4. The normalized spacial score (nSPS) is 9.33. The van der Waals surface area contributed by atoms with E-state index in [1.54, 1.807) is 25.2 Å². The molecule has 15 heavy (non-hydrogen) atoms. The second-order valence-corrected chi connectivity index (χ2v) is 3.13. The summed E-state index contributed by atoms with van der Waals surface area (Å²) in [5.41, 5.74) is 6.94. The van der Waals surface area contributed by atoms with Crippen molar-refractivity contribution in [3.63, 3.8) is 0 Å². The summed E-state index contributed by atoms with van der Waals surface area (Å²) in [7, 11) is 1.64. The first-order chi connectivity index (χ1) is 7.04. The minimum Gasteiger partial charge on any atom is -0.480 e. The van der Waals surface area contributed by atoms with Gasteiger partial charge in [0.1, 0.15) is 12.6 Å². The number of nitrogens with two attached hydrogens (primary N) is 1. The molecule has 1 rings (SSSR count). The van der Waals surface area contributed by atoms with Crippen molar-refractivity contribution in [2.24, 2.45) is 0 Å². The lowest BCUT2D eigenvalue weighted by atomic mass is 10.1. The van der Waals surface area contributed by atoms with Crippen LogP contribution in [0, 0.1) is 11.3 Å². The Morgan fingerprint density at radius 1 is 1.67 bits per heavy atom. The first-order valence-corrected chi connectivity index (χ1v) is 4.27. The average molecular weight is 205 g/mol. The Bertz CT molecular complexity index is 423. The van der Waals surface area contributed by atoms with Gasteiger partial charge in [-0.25, -0.2) is 0 Å². The molecule has 3 N–H and O–H groups in total. The minimum absolute atomic E-state index is 0.116. The molecule has 0 radical (unpaired) electrons. The van der Waals surface area contributed by atoms with Gasteiger partial charge in [0.05, 0.1) is 5.56 Å². The molecule has 0 spiro atoms. The Morgan fingerprint density at radius 2 is 2.33 bits per heavy atom. The van der Waals surface area contributed by atoms with Crippen molar-refractivity contribution >= 4 is 17.3 Å². The van der Waals surface area contributed by atoms with Gasteiger partial charge in [0.15, 0.2) is 0 Å². The zero-order valence-electron chi connectivity index (χ0n) is 8.27. The highest BCUT2D eigenvalue weighted by molar-refractivity contribution is 5.74. The molecule has 78 valence electrons. The van der Waals surface area contributed by atoms with E-state index >= 15 is 0 Å². The quantitative estimate of drug-likeness (QED) is 0.707. The van der Waals surface area contributed by atoms with E-state index in [9.17, 15) is 4.79 Å². The topological polar surface area (TPSA) is 90.3 Å². The number of carboxylic acid groups (broad SMARTS) is 1. The molecule has 0 saturated heterocycles. The molecule has 0 fully saturated rings. The molecular weight excluding hydrogens is 194 g/mol. The summed E-state index contributed by atoms with van der Waals surface area (Å²) in [6.45, 7) is -0.116. The molecule has 0 saturated carbocycles. The van der Waals surface area contributed by atoms with Crippen LogP contribution >= 0.6 is 0 Å². The molecular formula is C10H11N3O2. The molecule has 0 heterocycles. The Balaban J connectivity index is 2.96. The van der Waals surface area contributed by atoms with Gasteiger partial charge in [-0.3, -0.25) is 4.79 Å². The molecule has 5 heteroatoms. The summed E-state index contributed by atoms with van der Waals surface area (Å²) >= 11 is 0. The van der Waals surface area contributed by atoms with Crippen LogP contribution in [0.15, 0.2) is 18.2 Å². The first-order valence-electron chi connectivity index (χ1n) is 4.27. The largest absolute Gasteiger partial charge is 0.480 e. The molecule has 0 aliphatic heterocycles. The van der Waals surface area contributed by atoms with Crippen LogP contribution in [0.2, 0.25) is 0 Å². The third kappa shape index (κ3) is 2.61. The van der Waals surface area contributed by atoms with Crippen LogP contribution in [-0.4, -0.2) is 24.7 Å². The maximum atomic E-state index is 10.5. The van der Waals surface area contributed by atoms with Gasteiger partial charge in [-0.2, -0.15) is 5.26 Å². The molecule has 0 atom stereocenters. The fourth-order valence-electron chi connectivity index (χ4n) is 1.17. The summed E-state index contributed by atoms with van der Waals surface area (Å²) in [5.74, 6) is -0.923. The standard InChI is InChI=1S/C10H11N3O2/c1-13(6-10(14)15)8-2-3-9(12)7(4-8)5-11/h2-4H,6,12H2,1H3,(H,14,15). The second-order valence-electron chi connectivity index (χ2n) is 3.13. The lowest BCUT2D eigenvalue weighted by molar-refractivity contribution is -0.135. The van der Waals surface area contributed by atoms with Crippen LogP contribution in [-0.2, 0) is 4.79 Å². The number of aliphatic carboxylic acids is 1. The van der Waals surface area contributed by atoms with E-state index < -0.39 is 5.97 Å². The predicted octanol–water partition coefficient (Wildman–Crippen LogP) is 0.661. The van der Waals surface area contributed by atoms with E-state index in [0.717, 1.165) is 0 Å². The molecule has 0 aromatic heterocycles. The zero-order chi connectivity index (χ0) is 11.4. The molecule has 1 aromatic rings. The van der Waals surface area contributed by atoms with Crippen molar-refractivity contribution in [2.75, 3.05) is 24.2 Å². The maximum Gasteiger partial charge on any atom is 0.323 e. The van der Waals surface area contributed by atoms with Crippen molar-refractivity contribution in [2.45, 2.75) is 0 Å². The van der Waals surface area contributed by atoms with Crippen molar-refractivity contribution in [3.8, 4) is 6.07 Å². The number of likely N-dealkylation sites (N-methyl/N-ethyl adjacent to an activating group) is 1. The zero-order valence-corrected chi connectivity index (χ0v) is 8.27. The van der Waals surface area contributed by atoms with Gasteiger partial charge in [-0.05, 0) is 18.2 Å². The van der Waals surface area contributed by atoms with Crippen LogP contribution in [0.1, 0.15) is 5.56 Å². The number of hydrogen-bond donors (Lipinski definition) is 2. The van der Waals surface area contributed by atoms with Crippen LogP contribution < -0.4 is 10.6 Å². The Kier molecular flexibility index (Phi) is 3.13. The minimum atomic E-state index is -0.923. The summed E-state index contributed by atoms with van der Waals surface area (Å²) in [4.78, 5) is 12.0. The van der Waals surface area contributed by atoms with Crippen molar-refractivity contribution in [1.29, 1.82) is 5.26 Å². The lowest BCUT2D eigenvalue weighted by Gasteiger charge is -2.17. The summed E-state index contributed by atoms with van der Waals surface area (Å²) in [6.07, 6.45) is 0. The summed E-state index contributed by atoms with van der Waals surface area (Å²) in [5, 5.41) is 17.3. The first kappa shape index (κ1) is 10.9. The molecule has 0 bridgehead atoms. The number of benzene rings is 1. The lowest BCUT2D eigenvalue weighted by Crippen LogP contribution is -2.25. The van der Waals surface area contributed by atoms with E-state index in [-0.39, 0.29) is 6.54 Å². The van der Waals surface area contributed by atoms with Gasteiger partial charge in [-0.15, -0.1) is 0 Å². The molecule has 0 unspecified atom stereocenters. The molecule has 0 aliphatic rings. The molecule has 1 aromatic carbocycles. The van der Waals surface area contributed by atoms with Crippen molar-refractivity contribution in [1.82, 2.24) is 0 Å². The fraction of sp³-hybridized carbons (Fsp3) is 0.200. The highest BCUT2D eigenvalue weighted by atomic mass is 16.4. The van der Waals surface area contributed by atoms with Crippen molar-refractivity contribution < 1.29 is 9.90 Å². The SMILES string of the molecule is CN(CC(=O)O)c1ccc(N)c(C#N)c1.